The van der Waals surface area contributed by atoms with Gasteiger partial charge < -0.3 is 14.4 Å². The van der Waals surface area contributed by atoms with Crippen LogP contribution < -0.4 is 9.80 Å². The minimum absolute atomic E-state index is 0.115. The molecule has 13 rings (SSSR count). The van der Waals surface area contributed by atoms with Crippen LogP contribution in [0.2, 0.25) is 0 Å². The molecule has 8 aromatic carbocycles. The highest BCUT2D eigenvalue weighted by molar-refractivity contribution is 8.03. The second kappa shape index (κ2) is 15.1. The van der Waals surface area contributed by atoms with Gasteiger partial charge in [-0.2, -0.15) is 0 Å². The Bertz CT molecular complexity index is 3660. The number of para-hydroxylation sites is 2. The molecule has 0 saturated carbocycles. The minimum Gasteiger partial charge on any atom is -0.328 e. The van der Waals surface area contributed by atoms with Gasteiger partial charge in [0.1, 0.15) is 0 Å². The van der Waals surface area contributed by atoms with E-state index in [4.69, 9.17) is 0 Å². The van der Waals surface area contributed by atoms with E-state index >= 15 is 0 Å². The summed E-state index contributed by atoms with van der Waals surface area (Å²) in [6, 6.07) is 70.4. The third-order valence-corrected chi connectivity index (χ3v) is 16.7. The molecule has 0 bridgehead atoms. The Labute approximate surface area is 391 Å². The Morgan fingerprint density at radius 1 is 0.523 bits per heavy atom. The van der Waals surface area contributed by atoms with Crippen LogP contribution in [-0.2, 0) is 5.41 Å². The van der Waals surface area contributed by atoms with Gasteiger partial charge in [0.25, 0.3) is 0 Å². The van der Waals surface area contributed by atoms with Crippen molar-refractivity contribution < 1.29 is 0 Å². The summed E-state index contributed by atoms with van der Waals surface area (Å²) in [4.78, 5) is 5.09. The van der Waals surface area contributed by atoms with Crippen molar-refractivity contribution in [3.63, 3.8) is 0 Å². The Kier molecular flexibility index (Phi) is 8.99. The number of thiophene rings is 2. The van der Waals surface area contributed by atoms with Crippen LogP contribution in [0.25, 0.3) is 69.9 Å². The topological polar surface area (TPSA) is 11.4 Å². The summed E-state index contributed by atoms with van der Waals surface area (Å²) < 4.78 is 5.02. The van der Waals surface area contributed by atoms with E-state index in [1.165, 1.54) is 91.7 Å². The van der Waals surface area contributed by atoms with Crippen molar-refractivity contribution in [2.75, 3.05) is 9.80 Å². The van der Waals surface area contributed by atoms with Gasteiger partial charge in [0, 0.05) is 64.8 Å². The third-order valence-electron chi connectivity index (χ3n) is 13.6. The zero-order valence-corrected chi connectivity index (χ0v) is 38.4. The van der Waals surface area contributed by atoms with Crippen LogP contribution in [0.15, 0.2) is 205 Å². The minimum atomic E-state index is -0.115. The van der Waals surface area contributed by atoms with Crippen LogP contribution in [0.1, 0.15) is 31.4 Å². The fraction of sp³-hybridized carbons (Fsp3) is 0.0847. The van der Waals surface area contributed by atoms with Crippen molar-refractivity contribution in [1.29, 1.82) is 0 Å². The molecule has 3 aromatic heterocycles. The van der Waals surface area contributed by atoms with Crippen LogP contribution in [0.4, 0.5) is 27.8 Å². The Morgan fingerprint density at radius 2 is 1.28 bits per heavy atom. The van der Waals surface area contributed by atoms with E-state index in [0.717, 1.165) is 23.5 Å². The summed E-state index contributed by atoms with van der Waals surface area (Å²) in [5, 5.41) is 10.9. The van der Waals surface area contributed by atoms with Gasteiger partial charge in [0.2, 0.25) is 0 Å². The smallest absolute Gasteiger partial charge is 0.0999 e. The number of fused-ring (bicyclic) bond motifs is 9. The van der Waals surface area contributed by atoms with Crippen molar-refractivity contribution in [1.82, 2.24) is 4.57 Å². The number of hydrogen-bond donors (Lipinski definition) is 0. The molecule has 312 valence electrons. The van der Waals surface area contributed by atoms with Gasteiger partial charge in [0.15, 0.2) is 0 Å². The van der Waals surface area contributed by atoms with Gasteiger partial charge in [-0.3, -0.25) is 0 Å². The van der Waals surface area contributed by atoms with Crippen molar-refractivity contribution in [2.24, 2.45) is 0 Å². The van der Waals surface area contributed by atoms with E-state index in [1.807, 2.05) is 23.1 Å². The highest BCUT2D eigenvalue weighted by Crippen LogP contribution is 2.52. The van der Waals surface area contributed by atoms with Crippen molar-refractivity contribution in [2.45, 2.75) is 31.1 Å². The molecule has 1 atom stereocenters. The second-order valence-corrected chi connectivity index (χ2v) is 20.8. The number of rotatable bonds is 8. The van der Waals surface area contributed by atoms with E-state index in [1.54, 1.807) is 11.3 Å². The van der Waals surface area contributed by atoms with Gasteiger partial charge in [0.05, 0.1) is 21.4 Å². The second-order valence-electron chi connectivity index (χ2n) is 17.7. The highest BCUT2D eigenvalue weighted by Gasteiger charge is 2.36. The lowest BCUT2D eigenvalue weighted by molar-refractivity contribution is 0.660. The Morgan fingerprint density at radius 3 is 2.14 bits per heavy atom. The first-order valence-electron chi connectivity index (χ1n) is 22.3. The molecule has 0 amide bonds. The molecule has 0 saturated heterocycles. The summed E-state index contributed by atoms with van der Waals surface area (Å²) in [7, 11) is 0. The molecular formula is C59H43N3S3. The quantitative estimate of drug-likeness (QED) is 0.151. The fourth-order valence-electron chi connectivity index (χ4n) is 10.6. The lowest BCUT2D eigenvalue weighted by Crippen LogP contribution is -2.27. The van der Waals surface area contributed by atoms with E-state index in [0.29, 0.717) is 0 Å². The third kappa shape index (κ3) is 6.23. The highest BCUT2D eigenvalue weighted by atomic mass is 32.2. The number of hydrogen-bond acceptors (Lipinski definition) is 5. The first-order chi connectivity index (χ1) is 32.0. The largest absolute Gasteiger partial charge is 0.328 e. The SMILES string of the molecule is CC1(C)c2ccccc2-c2ccc(N(c3cc(-c4ccc5c(c4)c4ccccc4n5-c4ccccc4)cc(N(c4ccc5sc6ccccc6c5c4)c4cccs4)c3)C3CC=CS3)cc21. The number of nitrogens with zero attached hydrogens (tertiary/aromatic N) is 3. The van der Waals surface area contributed by atoms with Gasteiger partial charge >= 0.3 is 0 Å². The fourth-order valence-corrected chi connectivity index (χ4v) is 13.4. The van der Waals surface area contributed by atoms with Crippen LogP contribution in [-0.4, -0.2) is 9.94 Å². The molecule has 11 aromatic rings. The Balaban J connectivity index is 1.05. The first-order valence-corrected chi connectivity index (χ1v) is 24.9. The van der Waals surface area contributed by atoms with E-state index in [-0.39, 0.29) is 10.8 Å². The number of thioether (sulfide) groups is 1. The molecule has 0 N–H and O–H groups in total. The van der Waals surface area contributed by atoms with E-state index in [2.05, 4.69) is 233 Å². The van der Waals surface area contributed by atoms with Gasteiger partial charge in [-0.15, -0.1) is 34.4 Å². The molecule has 0 fully saturated rings. The molecular weight excluding hydrogens is 847 g/mol. The first kappa shape index (κ1) is 38.6. The van der Waals surface area contributed by atoms with Crippen LogP contribution in [0.5, 0.6) is 0 Å². The van der Waals surface area contributed by atoms with E-state index in [9.17, 15) is 0 Å². The average Bonchev–Trinajstić information content (AvgIpc) is 4.21. The lowest BCUT2D eigenvalue weighted by Gasteiger charge is -2.34. The summed E-state index contributed by atoms with van der Waals surface area (Å²) in [6.07, 6.45) is 3.28. The summed E-state index contributed by atoms with van der Waals surface area (Å²) >= 11 is 5.56. The van der Waals surface area contributed by atoms with Crippen molar-refractivity contribution in [3.8, 4) is 27.9 Å². The molecule has 65 heavy (non-hydrogen) atoms. The summed E-state index contributed by atoms with van der Waals surface area (Å²) in [6.45, 7) is 4.77. The molecule has 0 radical (unpaired) electrons. The van der Waals surface area contributed by atoms with Gasteiger partial charge in [-0.25, -0.2) is 0 Å². The number of benzene rings is 8. The van der Waals surface area contributed by atoms with Gasteiger partial charge in [-0.05, 0) is 148 Å². The molecule has 1 unspecified atom stereocenters. The predicted molar refractivity (Wildman–Crippen MR) is 283 cm³/mol. The zero-order valence-electron chi connectivity index (χ0n) is 36.0. The monoisotopic (exact) mass is 889 g/mol. The maximum atomic E-state index is 2.61. The molecule has 1 aliphatic heterocycles. The van der Waals surface area contributed by atoms with Crippen LogP contribution in [0, 0.1) is 0 Å². The standard InChI is InChI=1S/C59H43N3S3/c1-59(2)51-19-9-6-16-45(51)46-27-25-42(37-52(46)59)61(58-23-13-31-64-58)44-33-39(38-24-28-54-49(34-38)47-17-7-10-20-53(47)62(54)40-14-4-3-5-15-40)32-43(35-44)60(57-22-12-30-63-57)41-26-29-56-50(36-41)48-18-8-11-21-55(48)65-56/h3-22,24-37,58H,23H2,1-2H3. The normalized spacial score (nSPS) is 15.0. The van der Waals surface area contributed by atoms with Crippen molar-refractivity contribution >= 4 is 104 Å². The molecule has 0 spiro atoms. The molecule has 6 heteroatoms. The zero-order chi connectivity index (χ0) is 43.2. The van der Waals surface area contributed by atoms with Crippen molar-refractivity contribution in [3.05, 3.63) is 216 Å². The summed E-state index contributed by atoms with van der Waals surface area (Å²) in [5.74, 6) is 0. The average molecular weight is 890 g/mol. The maximum absolute atomic E-state index is 2.61. The number of anilines is 5. The van der Waals surface area contributed by atoms with E-state index < -0.39 is 0 Å². The lowest BCUT2D eigenvalue weighted by atomic mass is 9.82. The molecule has 1 aliphatic carbocycles. The summed E-state index contributed by atoms with van der Waals surface area (Å²) in [5.41, 5.74) is 15.9. The van der Waals surface area contributed by atoms with Crippen LogP contribution in [0.3, 0.4) is 0 Å². The number of aromatic nitrogens is 1. The van der Waals surface area contributed by atoms with Crippen LogP contribution >= 0.6 is 34.4 Å². The predicted octanol–water partition coefficient (Wildman–Crippen LogP) is 17.8. The maximum Gasteiger partial charge on any atom is 0.0999 e. The molecule has 2 aliphatic rings. The van der Waals surface area contributed by atoms with Gasteiger partial charge in [-0.1, -0.05) is 111 Å². The molecule has 4 heterocycles. The Hall–Kier alpha value is -6.83. The molecule has 3 nitrogen and oxygen atoms in total.